The van der Waals surface area contributed by atoms with E-state index in [1.807, 2.05) is 19.1 Å². The number of hydrogen-bond donors (Lipinski definition) is 1. The number of nitrogens with zero attached hydrogens (tertiary/aromatic N) is 4. The molecular formula is C22H29N5O. The summed E-state index contributed by atoms with van der Waals surface area (Å²) in [6.45, 7) is 8.32. The van der Waals surface area contributed by atoms with Crippen molar-refractivity contribution in [2.75, 3.05) is 41.3 Å². The Hall–Kier alpha value is -2.63. The molecule has 6 heteroatoms. The summed E-state index contributed by atoms with van der Waals surface area (Å²) < 4.78 is 0. The van der Waals surface area contributed by atoms with Gasteiger partial charge >= 0.3 is 0 Å². The molecule has 1 amide bonds. The van der Waals surface area contributed by atoms with Crippen LogP contribution in [0.2, 0.25) is 0 Å². The monoisotopic (exact) mass is 379 g/mol. The maximum Gasteiger partial charge on any atom is 0.274 e. The number of hydrogen-bond acceptors (Lipinski definition) is 5. The summed E-state index contributed by atoms with van der Waals surface area (Å²) in [6, 6.07) is 9.84. The van der Waals surface area contributed by atoms with Crippen molar-refractivity contribution in [3.8, 4) is 0 Å². The Balaban J connectivity index is 1.45. The molecule has 0 unspecified atom stereocenters. The van der Waals surface area contributed by atoms with Gasteiger partial charge in [0.25, 0.3) is 5.91 Å². The van der Waals surface area contributed by atoms with Crippen LogP contribution in [0.1, 0.15) is 48.8 Å². The minimum Gasteiger partial charge on any atom is -0.372 e. The number of anilines is 3. The van der Waals surface area contributed by atoms with E-state index < -0.39 is 0 Å². The largest absolute Gasteiger partial charge is 0.372 e. The second-order valence-electron chi connectivity index (χ2n) is 8.06. The van der Waals surface area contributed by atoms with Crippen LogP contribution < -0.4 is 15.1 Å². The normalized spacial score (nSPS) is 17.8. The van der Waals surface area contributed by atoms with Crippen molar-refractivity contribution in [3.05, 3.63) is 41.7 Å². The fourth-order valence-corrected chi connectivity index (χ4v) is 3.95. The summed E-state index contributed by atoms with van der Waals surface area (Å²) in [7, 11) is 0. The first-order valence-electron chi connectivity index (χ1n) is 10.4. The molecule has 148 valence electrons. The van der Waals surface area contributed by atoms with Crippen LogP contribution in [-0.2, 0) is 0 Å². The van der Waals surface area contributed by atoms with E-state index in [0.717, 1.165) is 56.3 Å². The lowest BCUT2D eigenvalue weighted by Gasteiger charge is -2.30. The molecule has 0 aliphatic carbocycles. The van der Waals surface area contributed by atoms with E-state index in [1.165, 1.54) is 18.5 Å². The third-order valence-electron chi connectivity index (χ3n) is 5.74. The smallest absolute Gasteiger partial charge is 0.274 e. The molecule has 0 spiro atoms. The number of rotatable bonds is 4. The van der Waals surface area contributed by atoms with E-state index in [1.54, 1.807) is 6.07 Å². The van der Waals surface area contributed by atoms with Crippen LogP contribution in [0, 0.1) is 12.8 Å². The third-order valence-corrected chi connectivity index (χ3v) is 5.74. The Kier molecular flexibility index (Phi) is 5.46. The molecule has 28 heavy (non-hydrogen) atoms. The first-order valence-corrected chi connectivity index (χ1v) is 10.4. The number of benzene rings is 1. The van der Waals surface area contributed by atoms with Crippen LogP contribution in [0.4, 0.5) is 17.3 Å². The Bertz CT molecular complexity index is 821. The molecule has 3 heterocycles. The molecule has 2 aliphatic rings. The highest BCUT2D eigenvalue weighted by molar-refractivity contribution is 6.03. The summed E-state index contributed by atoms with van der Waals surface area (Å²) in [4.78, 5) is 26.4. The minimum absolute atomic E-state index is 0.189. The van der Waals surface area contributed by atoms with E-state index in [0.29, 0.717) is 11.6 Å². The van der Waals surface area contributed by atoms with E-state index >= 15 is 0 Å². The summed E-state index contributed by atoms with van der Waals surface area (Å²) in [5.74, 6) is 1.22. The highest BCUT2D eigenvalue weighted by Crippen LogP contribution is 2.23. The topological polar surface area (TPSA) is 61.4 Å². The molecule has 1 N–H and O–H groups in total. The fourth-order valence-electron chi connectivity index (χ4n) is 3.95. The number of piperidine rings is 1. The molecule has 0 atom stereocenters. The zero-order valence-corrected chi connectivity index (χ0v) is 16.8. The first-order chi connectivity index (χ1) is 13.6. The molecular weight excluding hydrogens is 350 g/mol. The predicted octanol–water partition coefficient (Wildman–Crippen LogP) is 3.87. The molecule has 0 radical (unpaired) electrons. The Morgan fingerprint density at radius 2 is 1.68 bits per heavy atom. The van der Waals surface area contributed by atoms with Crippen LogP contribution >= 0.6 is 0 Å². The lowest BCUT2D eigenvalue weighted by molar-refractivity contribution is 0.102. The SMILES string of the molecule is Cc1cc(C(=O)Nc2ccc(N3CCCC3)cc2)nc(N2CCC(C)CC2)n1. The lowest BCUT2D eigenvalue weighted by atomic mass is 10.00. The van der Waals surface area contributed by atoms with Gasteiger partial charge in [-0.25, -0.2) is 9.97 Å². The van der Waals surface area contributed by atoms with Crippen molar-refractivity contribution in [3.63, 3.8) is 0 Å². The third kappa shape index (κ3) is 4.26. The van der Waals surface area contributed by atoms with E-state index in [9.17, 15) is 4.79 Å². The average Bonchev–Trinajstić information content (AvgIpc) is 3.23. The van der Waals surface area contributed by atoms with Crippen LogP contribution in [-0.4, -0.2) is 42.1 Å². The van der Waals surface area contributed by atoms with Crippen molar-refractivity contribution in [1.82, 2.24) is 9.97 Å². The molecule has 0 bridgehead atoms. The van der Waals surface area contributed by atoms with Gasteiger partial charge in [0.2, 0.25) is 5.95 Å². The van der Waals surface area contributed by atoms with Gasteiger partial charge in [-0.1, -0.05) is 6.92 Å². The summed E-state index contributed by atoms with van der Waals surface area (Å²) >= 11 is 0. The summed E-state index contributed by atoms with van der Waals surface area (Å²) in [6.07, 6.45) is 4.79. The van der Waals surface area contributed by atoms with Crippen LogP contribution in [0.5, 0.6) is 0 Å². The Labute approximate surface area is 167 Å². The van der Waals surface area contributed by atoms with Gasteiger partial charge in [0.05, 0.1) is 0 Å². The minimum atomic E-state index is -0.189. The van der Waals surface area contributed by atoms with E-state index in [-0.39, 0.29) is 5.91 Å². The second kappa shape index (κ2) is 8.17. The second-order valence-corrected chi connectivity index (χ2v) is 8.06. The maximum atomic E-state index is 12.8. The summed E-state index contributed by atoms with van der Waals surface area (Å²) in [5.41, 5.74) is 3.25. The quantitative estimate of drug-likeness (QED) is 0.874. The predicted molar refractivity (Wildman–Crippen MR) is 113 cm³/mol. The average molecular weight is 380 g/mol. The number of amides is 1. The highest BCUT2D eigenvalue weighted by atomic mass is 16.1. The number of carbonyl (C=O) groups is 1. The van der Waals surface area contributed by atoms with E-state index in [2.05, 4.69) is 44.1 Å². The first kappa shape index (κ1) is 18.7. The zero-order valence-electron chi connectivity index (χ0n) is 16.8. The van der Waals surface area contributed by atoms with Gasteiger partial charge in [-0.3, -0.25) is 4.79 Å². The van der Waals surface area contributed by atoms with Crippen molar-refractivity contribution in [2.24, 2.45) is 5.92 Å². The van der Waals surface area contributed by atoms with E-state index in [4.69, 9.17) is 0 Å². The van der Waals surface area contributed by atoms with Gasteiger partial charge in [-0.15, -0.1) is 0 Å². The Morgan fingerprint density at radius 1 is 1.00 bits per heavy atom. The molecule has 2 fully saturated rings. The van der Waals surface area contributed by atoms with Crippen LogP contribution in [0.3, 0.4) is 0 Å². The van der Waals surface area contributed by atoms with Crippen molar-refractivity contribution < 1.29 is 4.79 Å². The number of nitrogens with one attached hydrogen (secondary N) is 1. The fraction of sp³-hybridized carbons (Fsp3) is 0.500. The van der Waals surface area contributed by atoms with Crippen LogP contribution in [0.15, 0.2) is 30.3 Å². The number of aryl methyl sites for hydroxylation is 1. The molecule has 1 aromatic carbocycles. The molecule has 2 aliphatic heterocycles. The zero-order chi connectivity index (χ0) is 19.5. The molecule has 4 rings (SSSR count). The maximum absolute atomic E-state index is 12.8. The van der Waals surface area contributed by atoms with Crippen molar-refractivity contribution in [1.29, 1.82) is 0 Å². The van der Waals surface area contributed by atoms with Crippen molar-refractivity contribution >= 4 is 23.2 Å². The van der Waals surface area contributed by atoms with Gasteiger partial charge in [0.1, 0.15) is 5.69 Å². The van der Waals surface area contributed by atoms with Gasteiger partial charge in [-0.05, 0) is 68.9 Å². The molecule has 0 saturated carbocycles. The Morgan fingerprint density at radius 3 is 2.36 bits per heavy atom. The van der Waals surface area contributed by atoms with Gasteiger partial charge in [0.15, 0.2) is 0 Å². The standard InChI is InChI=1S/C22H29N5O/c1-16-9-13-27(14-10-16)22-23-17(2)15-20(25-22)21(28)24-18-5-7-19(8-6-18)26-11-3-4-12-26/h5-8,15-16H,3-4,9-14H2,1-2H3,(H,24,28). The van der Waals surface area contributed by atoms with Gasteiger partial charge in [-0.2, -0.15) is 0 Å². The molecule has 1 aromatic heterocycles. The molecule has 2 saturated heterocycles. The van der Waals surface area contributed by atoms with Gasteiger partial charge in [0, 0.05) is 43.2 Å². The lowest BCUT2D eigenvalue weighted by Crippen LogP contribution is -2.34. The number of carbonyl (C=O) groups excluding carboxylic acids is 1. The van der Waals surface area contributed by atoms with Crippen LogP contribution in [0.25, 0.3) is 0 Å². The molecule has 6 nitrogen and oxygen atoms in total. The summed E-state index contributed by atoms with van der Waals surface area (Å²) in [5, 5.41) is 2.97. The van der Waals surface area contributed by atoms with Gasteiger partial charge < -0.3 is 15.1 Å². The molecule has 2 aromatic rings. The highest BCUT2D eigenvalue weighted by Gasteiger charge is 2.20. The van der Waals surface area contributed by atoms with Crippen molar-refractivity contribution in [2.45, 2.75) is 39.5 Å². The number of aromatic nitrogens is 2.